The Morgan fingerprint density at radius 1 is 1.60 bits per heavy atom. The van der Waals surface area contributed by atoms with Gasteiger partial charge < -0.3 is 14.6 Å². The van der Waals surface area contributed by atoms with E-state index in [-0.39, 0.29) is 12.0 Å². The molecule has 2 rings (SSSR count). The first kappa shape index (κ1) is 10.6. The fourth-order valence-electron chi connectivity index (χ4n) is 1.75. The summed E-state index contributed by atoms with van der Waals surface area (Å²) in [5.74, 6) is 1.64. The van der Waals surface area contributed by atoms with E-state index in [0.29, 0.717) is 11.7 Å². The van der Waals surface area contributed by atoms with E-state index in [9.17, 15) is 0 Å². The molecular weight excluding hydrogens is 194 g/mol. The average Bonchev–Trinajstić information content (AvgIpc) is 2.89. The first-order chi connectivity index (χ1) is 7.31. The Balaban J connectivity index is 2.02. The molecule has 1 fully saturated rings. The van der Waals surface area contributed by atoms with Crippen molar-refractivity contribution in [2.75, 3.05) is 20.2 Å². The number of nitrogens with zero attached hydrogens (tertiary/aromatic N) is 2. The Morgan fingerprint density at radius 3 is 3.13 bits per heavy atom. The van der Waals surface area contributed by atoms with Crippen molar-refractivity contribution in [3.05, 3.63) is 11.7 Å². The number of hydrogen-bond acceptors (Lipinski definition) is 5. The van der Waals surface area contributed by atoms with E-state index in [1.165, 1.54) is 0 Å². The van der Waals surface area contributed by atoms with Gasteiger partial charge in [-0.1, -0.05) is 12.1 Å². The summed E-state index contributed by atoms with van der Waals surface area (Å²) in [6, 6.07) is 0. The topological polar surface area (TPSA) is 60.2 Å². The highest BCUT2D eigenvalue weighted by Gasteiger charge is 2.24. The van der Waals surface area contributed by atoms with Crippen molar-refractivity contribution in [1.29, 1.82) is 0 Å². The summed E-state index contributed by atoms with van der Waals surface area (Å²) >= 11 is 0. The maximum Gasteiger partial charge on any atom is 0.230 e. The minimum Gasteiger partial charge on any atom is -0.370 e. The van der Waals surface area contributed by atoms with Gasteiger partial charge in [0.15, 0.2) is 0 Å². The highest BCUT2D eigenvalue weighted by molar-refractivity contribution is 4.97. The Bertz CT molecular complexity index is 307. The molecule has 1 aliphatic rings. The van der Waals surface area contributed by atoms with Gasteiger partial charge in [0.1, 0.15) is 6.10 Å². The van der Waals surface area contributed by atoms with Gasteiger partial charge in [0.25, 0.3) is 0 Å². The first-order valence-electron chi connectivity index (χ1n) is 5.41. The molecule has 1 aromatic heterocycles. The van der Waals surface area contributed by atoms with Crippen LogP contribution >= 0.6 is 0 Å². The quantitative estimate of drug-likeness (QED) is 0.812. The van der Waals surface area contributed by atoms with Crippen LogP contribution in [0.1, 0.15) is 43.5 Å². The van der Waals surface area contributed by atoms with E-state index in [0.717, 1.165) is 26.0 Å². The van der Waals surface area contributed by atoms with E-state index in [1.807, 2.05) is 7.05 Å². The van der Waals surface area contributed by atoms with Crippen molar-refractivity contribution < 1.29 is 9.26 Å². The number of likely N-dealkylation sites (N-methyl/N-ethyl adjacent to an activating group) is 1. The maximum absolute atomic E-state index is 5.49. The van der Waals surface area contributed by atoms with Gasteiger partial charge in [0.05, 0.1) is 0 Å². The van der Waals surface area contributed by atoms with E-state index in [4.69, 9.17) is 9.26 Å². The summed E-state index contributed by atoms with van der Waals surface area (Å²) < 4.78 is 10.7. The third-order valence-electron chi connectivity index (χ3n) is 2.61. The fraction of sp³-hybridized carbons (Fsp3) is 0.800. The van der Waals surface area contributed by atoms with Crippen LogP contribution in [-0.2, 0) is 4.74 Å². The van der Waals surface area contributed by atoms with Crippen molar-refractivity contribution in [3.63, 3.8) is 0 Å². The predicted molar refractivity (Wildman–Crippen MR) is 54.6 cm³/mol. The molecule has 5 nitrogen and oxygen atoms in total. The number of nitrogens with one attached hydrogen (secondary N) is 1. The Labute approximate surface area is 89.2 Å². The van der Waals surface area contributed by atoms with Crippen LogP contribution in [0.3, 0.4) is 0 Å². The lowest BCUT2D eigenvalue weighted by atomic mass is 10.2. The lowest BCUT2D eigenvalue weighted by molar-refractivity contribution is 0.103. The normalized spacial score (nSPS) is 23.2. The minimum absolute atomic E-state index is 0.0456. The summed E-state index contributed by atoms with van der Waals surface area (Å²) in [5, 5.41) is 7.05. The van der Waals surface area contributed by atoms with Gasteiger partial charge in [0, 0.05) is 19.1 Å². The summed E-state index contributed by atoms with van der Waals surface area (Å²) in [5.41, 5.74) is 0. The van der Waals surface area contributed by atoms with Crippen molar-refractivity contribution >= 4 is 0 Å². The second kappa shape index (κ2) is 4.72. The van der Waals surface area contributed by atoms with Crippen LogP contribution in [0.5, 0.6) is 0 Å². The number of ether oxygens (including phenoxy) is 1. The third kappa shape index (κ3) is 2.35. The van der Waals surface area contributed by atoms with Crippen LogP contribution in [0.15, 0.2) is 4.52 Å². The highest BCUT2D eigenvalue weighted by atomic mass is 16.5. The molecule has 2 unspecified atom stereocenters. The molecular formula is C10H17N3O2. The maximum atomic E-state index is 5.49. The van der Waals surface area contributed by atoms with Gasteiger partial charge in [-0.15, -0.1) is 0 Å². The van der Waals surface area contributed by atoms with Gasteiger partial charge in [-0.05, 0) is 19.9 Å². The molecule has 84 valence electrons. The average molecular weight is 211 g/mol. The fourth-order valence-corrected chi connectivity index (χ4v) is 1.75. The van der Waals surface area contributed by atoms with Gasteiger partial charge in [-0.2, -0.15) is 4.98 Å². The molecule has 0 saturated carbocycles. The van der Waals surface area contributed by atoms with Crippen LogP contribution in [0.4, 0.5) is 0 Å². The highest BCUT2D eigenvalue weighted by Crippen LogP contribution is 2.27. The second-order valence-corrected chi connectivity index (χ2v) is 3.95. The van der Waals surface area contributed by atoms with Gasteiger partial charge in [-0.25, -0.2) is 0 Å². The van der Waals surface area contributed by atoms with Gasteiger partial charge in [0.2, 0.25) is 11.7 Å². The zero-order valence-electron chi connectivity index (χ0n) is 9.19. The van der Waals surface area contributed by atoms with Gasteiger partial charge in [-0.3, -0.25) is 0 Å². The van der Waals surface area contributed by atoms with Crippen molar-refractivity contribution in [2.45, 2.75) is 31.8 Å². The third-order valence-corrected chi connectivity index (χ3v) is 2.61. The van der Waals surface area contributed by atoms with Crippen molar-refractivity contribution in [2.24, 2.45) is 0 Å². The van der Waals surface area contributed by atoms with E-state index < -0.39 is 0 Å². The molecule has 5 heteroatoms. The van der Waals surface area contributed by atoms with Crippen LogP contribution in [0.2, 0.25) is 0 Å². The van der Waals surface area contributed by atoms with Crippen LogP contribution < -0.4 is 5.32 Å². The summed E-state index contributed by atoms with van der Waals surface area (Å²) in [6.07, 6.45) is 2.13. The molecule has 0 aromatic carbocycles. The molecule has 0 spiro atoms. The molecule has 1 aliphatic heterocycles. The Kier molecular flexibility index (Phi) is 3.33. The molecule has 0 bridgehead atoms. The molecule has 0 aliphatic carbocycles. The van der Waals surface area contributed by atoms with Crippen molar-refractivity contribution in [3.8, 4) is 0 Å². The zero-order valence-corrected chi connectivity index (χ0v) is 9.19. The Hall–Kier alpha value is -0.940. The molecule has 1 N–H and O–H groups in total. The molecule has 2 atom stereocenters. The van der Waals surface area contributed by atoms with E-state index in [1.54, 1.807) is 0 Å². The number of hydrogen-bond donors (Lipinski definition) is 1. The predicted octanol–water partition coefficient (Wildman–Crippen LogP) is 1.24. The Morgan fingerprint density at radius 2 is 2.47 bits per heavy atom. The van der Waals surface area contributed by atoms with Crippen LogP contribution in [0.25, 0.3) is 0 Å². The molecule has 0 radical (unpaired) electrons. The lowest BCUT2D eigenvalue weighted by Gasteiger charge is -2.04. The SMILES string of the molecule is CNCC(C)c1nc(C2CCCO2)no1. The monoisotopic (exact) mass is 211 g/mol. The largest absolute Gasteiger partial charge is 0.370 e. The van der Waals surface area contributed by atoms with Crippen LogP contribution in [-0.4, -0.2) is 30.3 Å². The number of aromatic nitrogens is 2. The lowest BCUT2D eigenvalue weighted by Crippen LogP contribution is -2.15. The smallest absolute Gasteiger partial charge is 0.230 e. The molecule has 1 saturated heterocycles. The van der Waals surface area contributed by atoms with Gasteiger partial charge >= 0.3 is 0 Å². The number of rotatable bonds is 4. The van der Waals surface area contributed by atoms with E-state index >= 15 is 0 Å². The molecule has 0 amide bonds. The standard InChI is InChI=1S/C10H17N3O2/c1-7(6-11-2)10-12-9(13-15-10)8-4-3-5-14-8/h7-8,11H,3-6H2,1-2H3. The summed E-state index contributed by atoms with van der Waals surface area (Å²) in [7, 11) is 1.91. The summed E-state index contributed by atoms with van der Waals surface area (Å²) in [6.45, 7) is 3.71. The minimum atomic E-state index is 0.0456. The molecule has 1 aromatic rings. The first-order valence-corrected chi connectivity index (χ1v) is 5.41. The van der Waals surface area contributed by atoms with Crippen molar-refractivity contribution in [1.82, 2.24) is 15.5 Å². The zero-order chi connectivity index (χ0) is 10.7. The molecule has 2 heterocycles. The molecule has 15 heavy (non-hydrogen) atoms. The van der Waals surface area contributed by atoms with Crippen LogP contribution in [0, 0.1) is 0 Å². The second-order valence-electron chi connectivity index (χ2n) is 3.95. The van der Waals surface area contributed by atoms with E-state index in [2.05, 4.69) is 22.4 Å². The summed E-state index contributed by atoms with van der Waals surface area (Å²) in [4.78, 5) is 4.37.